The van der Waals surface area contributed by atoms with Gasteiger partial charge in [0.15, 0.2) is 0 Å². The quantitative estimate of drug-likeness (QED) is 0.858. The van der Waals surface area contributed by atoms with Crippen molar-refractivity contribution < 1.29 is 9.47 Å². The molecule has 1 aromatic carbocycles. The monoisotopic (exact) mass is 266 g/mol. The van der Waals surface area contributed by atoms with E-state index in [1.54, 1.807) is 14.2 Å². The van der Waals surface area contributed by atoms with Gasteiger partial charge in [-0.1, -0.05) is 13.8 Å². The lowest BCUT2D eigenvalue weighted by Crippen LogP contribution is -2.38. The predicted octanol–water partition coefficient (Wildman–Crippen LogP) is 2.29. The lowest BCUT2D eigenvalue weighted by atomic mass is 9.79. The molecule has 0 radical (unpaired) electrons. The molecule has 1 unspecified atom stereocenters. The van der Waals surface area contributed by atoms with Crippen molar-refractivity contribution in [3.63, 3.8) is 0 Å². The summed E-state index contributed by atoms with van der Waals surface area (Å²) >= 11 is 0. The molecule has 0 aromatic heterocycles. The van der Waals surface area contributed by atoms with E-state index in [0.717, 1.165) is 17.1 Å². The number of nitrogens with zero attached hydrogens (tertiary/aromatic N) is 1. The van der Waals surface area contributed by atoms with Crippen molar-refractivity contribution in [3.8, 4) is 11.5 Å². The number of hydrogen-bond donors (Lipinski definition) is 1. The topological polar surface area (TPSA) is 47.7 Å². The second-order valence-electron chi connectivity index (χ2n) is 5.67. The molecule has 108 valence electrons. The Bertz CT molecular complexity index is 417. The zero-order valence-corrected chi connectivity index (χ0v) is 12.9. The third-order valence-electron chi connectivity index (χ3n) is 3.51. The second kappa shape index (κ2) is 6.26. The highest BCUT2D eigenvalue weighted by molar-refractivity contribution is 5.43. The van der Waals surface area contributed by atoms with Crippen molar-refractivity contribution in [1.82, 2.24) is 4.90 Å². The van der Waals surface area contributed by atoms with Gasteiger partial charge in [0.1, 0.15) is 11.5 Å². The second-order valence-corrected chi connectivity index (χ2v) is 5.67. The lowest BCUT2D eigenvalue weighted by Gasteiger charge is -2.39. The van der Waals surface area contributed by atoms with Crippen LogP contribution in [0, 0.1) is 5.41 Å². The summed E-state index contributed by atoms with van der Waals surface area (Å²) < 4.78 is 10.8. The highest BCUT2D eigenvalue weighted by Crippen LogP contribution is 2.41. The van der Waals surface area contributed by atoms with Crippen LogP contribution in [0.1, 0.15) is 25.5 Å². The van der Waals surface area contributed by atoms with Crippen LogP contribution in [0.15, 0.2) is 18.2 Å². The van der Waals surface area contributed by atoms with Gasteiger partial charge in [0.05, 0.1) is 14.2 Å². The first-order valence-corrected chi connectivity index (χ1v) is 6.45. The van der Waals surface area contributed by atoms with E-state index >= 15 is 0 Å². The smallest absolute Gasteiger partial charge is 0.123 e. The Balaban J connectivity index is 3.36. The van der Waals surface area contributed by atoms with Gasteiger partial charge in [0, 0.05) is 11.6 Å². The van der Waals surface area contributed by atoms with Gasteiger partial charge in [0.2, 0.25) is 0 Å². The van der Waals surface area contributed by atoms with Gasteiger partial charge in [-0.15, -0.1) is 0 Å². The van der Waals surface area contributed by atoms with Crippen LogP contribution in [-0.4, -0.2) is 39.8 Å². The Morgan fingerprint density at radius 3 is 2.26 bits per heavy atom. The largest absolute Gasteiger partial charge is 0.497 e. The number of benzene rings is 1. The van der Waals surface area contributed by atoms with E-state index in [9.17, 15) is 0 Å². The van der Waals surface area contributed by atoms with Gasteiger partial charge < -0.3 is 20.1 Å². The summed E-state index contributed by atoms with van der Waals surface area (Å²) in [5.74, 6) is 1.69. The van der Waals surface area contributed by atoms with Gasteiger partial charge in [-0.25, -0.2) is 0 Å². The fourth-order valence-corrected chi connectivity index (χ4v) is 2.56. The summed E-state index contributed by atoms with van der Waals surface area (Å²) in [6.07, 6.45) is 0. The van der Waals surface area contributed by atoms with Crippen molar-refractivity contribution >= 4 is 0 Å². The molecule has 0 heterocycles. The molecule has 0 aliphatic rings. The van der Waals surface area contributed by atoms with Crippen LogP contribution in [-0.2, 0) is 0 Å². The highest BCUT2D eigenvalue weighted by atomic mass is 16.5. The first kappa shape index (κ1) is 15.8. The molecule has 0 aliphatic carbocycles. The molecule has 0 saturated carbocycles. The highest BCUT2D eigenvalue weighted by Gasteiger charge is 2.33. The van der Waals surface area contributed by atoms with Gasteiger partial charge in [0.25, 0.3) is 0 Å². The molecule has 4 nitrogen and oxygen atoms in total. The molecule has 0 fully saturated rings. The van der Waals surface area contributed by atoms with Gasteiger partial charge >= 0.3 is 0 Å². The summed E-state index contributed by atoms with van der Waals surface area (Å²) in [6, 6.07) is 6.03. The fourth-order valence-electron chi connectivity index (χ4n) is 2.56. The lowest BCUT2D eigenvalue weighted by molar-refractivity contribution is 0.140. The molecule has 1 atom stereocenters. The summed E-state index contributed by atoms with van der Waals surface area (Å²) in [6.45, 7) is 4.92. The molecule has 0 aliphatic heterocycles. The first-order chi connectivity index (χ1) is 8.87. The van der Waals surface area contributed by atoms with Crippen molar-refractivity contribution in [3.05, 3.63) is 23.8 Å². The zero-order chi connectivity index (χ0) is 14.6. The number of nitrogens with two attached hydrogens (primary N) is 1. The Labute approximate surface area is 116 Å². The molecule has 19 heavy (non-hydrogen) atoms. The molecule has 4 heteroatoms. The molecule has 0 amide bonds. The third-order valence-corrected chi connectivity index (χ3v) is 3.51. The molecule has 0 spiro atoms. The maximum atomic E-state index is 5.95. The summed E-state index contributed by atoms with van der Waals surface area (Å²) in [4.78, 5) is 2.17. The van der Waals surface area contributed by atoms with Crippen molar-refractivity contribution in [2.75, 3.05) is 34.9 Å². The third kappa shape index (κ3) is 3.39. The fraction of sp³-hybridized carbons (Fsp3) is 0.600. The predicted molar refractivity (Wildman–Crippen MR) is 78.8 cm³/mol. The Kier molecular flexibility index (Phi) is 5.20. The van der Waals surface area contributed by atoms with Crippen LogP contribution in [0.5, 0.6) is 11.5 Å². The van der Waals surface area contributed by atoms with Gasteiger partial charge in [-0.3, -0.25) is 0 Å². The van der Waals surface area contributed by atoms with E-state index in [0.29, 0.717) is 6.54 Å². The Morgan fingerprint density at radius 1 is 1.21 bits per heavy atom. The minimum Gasteiger partial charge on any atom is -0.497 e. The average molecular weight is 266 g/mol. The molecular formula is C15H26N2O2. The summed E-state index contributed by atoms with van der Waals surface area (Å²) in [5, 5.41) is 0. The molecule has 0 bridgehead atoms. The minimum atomic E-state index is -0.0663. The van der Waals surface area contributed by atoms with Crippen LogP contribution in [0.3, 0.4) is 0 Å². The normalized spacial score (nSPS) is 13.5. The van der Waals surface area contributed by atoms with Crippen LogP contribution in [0.4, 0.5) is 0 Å². The minimum absolute atomic E-state index is 0.0663. The number of rotatable bonds is 6. The van der Waals surface area contributed by atoms with E-state index in [-0.39, 0.29) is 11.5 Å². The maximum Gasteiger partial charge on any atom is 0.123 e. The van der Waals surface area contributed by atoms with Crippen molar-refractivity contribution in [1.29, 1.82) is 0 Å². The average Bonchev–Trinajstić information content (AvgIpc) is 2.38. The van der Waals surface area contributed by atoms with E-state index in [1.807, 2.05) is 18.2 Å². The van der Waals surface area contributed by atoms with Crippen molar-refractivity contribution in [2.45, 2.75) is 19.9 Å². The summed E-state index contributed by atoms with van der Waals surface area (Å²) in [5.41, 5.74) is 6.98. The molecular weight excluding hydrogens is 240 g/mol. The molecule has 2 N–H and O–H groups in total. The van der Waals surface area contributed by atoms with E-state index in [1.165, 1.54) is 0 Å². The van der Waals surface area contributed by atoms with Crippen LogP contribution in [0.25, 0.3) is 0 Å². The Morgan fingerprint density at radius 2 is 1.84 bits per heavy atom. The van der Waals surface area contributed by atoms with Crippen LogP contribution in [0.2, 0.25) is 0 Å². The zero-order valence-electron chi connectivity index (χ0n) is 12.9. The summed E-state index contributed by atoms with van der Waals surface area (Å²) in [7, 11) is 7.47. The van der Waals surface area contributed by atoms with E-state index in [4.69, 9.17) is 15.2 Å². The van der Waals surface area contributed by atoms with Crippen LogP contribution >= 0.6 is 0 Å². The standard InChI is InChI=1S/C15H26N2O2/c1-15(2,10-16)14(17(3)4)12-9-11(18-5)7-8-13(12)19-6/h7-9,14H,10,16H2,1-6H3. The SMILES string of the molecule is COc1ccc(OC)c(C(N(C)C)C(C)(C)CN)c1. The van der Waals surface area contributed by atoms with E-state index < -0.39 is 0 Å². The number of methoxy groups -OCH3 is 2. The van der Waals surface area contributed by atoms with Crippen molar-refractivity contribution in [2.24, 2.45) is 11.1 Å². The number of hydrogen-bond acceptors (Lipinski definition) is 4. The maximum absolute atomic E-state index is 5.95. The molecule has 0 saturated heterocycles. The van der Waals surface area contributed by atoms with Gasteiger partial charge in [-0.2, -0.15) is 0 Å². The molecule has 1 aromatic rings. The van der Waals surface area contributed by atoms with Crippen LogP contribution < -0.4 is 15.2 Å². The Hall–Kier alpha value is -1.26. The first-order valence-electron chi connectivity index (χ1n) is 6.45. The van der Waals surface area contributed by atoms with Gasteiger partial charge in [-0.05, 0) is 44.3 Å². The van der Waals surface area contributed by atoms with E-state index in [2.05, 4.69) is 32.8 Å². The molecule has 1 rings (SSSR count). The number of ether oxygens (including phenoxy) is 2.